The molecule has 0 aliphatic carbocycles. The number of β-amino-alcohol motifs (C(OH)–C–C–N with tert-alkyl or cyclic N) is 1. The molecule has 0 saturated carbocycles. The van der Waals surface area contributed by atoms with Crippen molar-refractivity contribution in [1.82, 2.24) is 9.62 Å². The summed E-state index contributed by atoms with van der Waals surface area (Å²) in [7, 11) is -2.08. The smallest absolute Gasteiger partial charge is 0.277 e. The number of hydrogen-bond acceptors (Lipinski definition) is 7. The van der Waals surface area contributed by atoms with Crippen LogP contribution in [-0.2, 0) is 24.3 Å². The predicted octanol–water partition coefficient (Wildman–Crippen LogP) is -0.342. The third-order valence-electron chi connectivity index (χ3n) is 3.59. The van der Waals surface area contributed by atoms with Crippen LogP contribution in [0.25, 0.3) is 0 Å². The molecule has 3 N–H and O–H groups in total. The molecule has 142 valence electrons. The lowest BCUT2D eigenvalue weighted by atomic mass is 10.3. The van der Waals surface area contributed by atoms with Crippen molar-refractivity contribution >= 4 is 27.5 Å². The van der Waals surface area contributed by atoms with Crippen LogP contribution in [0.4, 0.5) is 5.69 Å². The number of rotatable bonds is 10. The molecule has 0 unspecified atom stereocenters. The molecule has 10 heteroatoms. The molecule has 9 nitrogen and oxygen atoms in total. The molecule has 2 amide bonds. The van der Waals surface area contributed by atoms with Crippen LogP contribution in [0.1, 0.15) is 6.42 Å². The molecule has 1 aliphatic rings. The standard InChI is InChI=1S/C16H21N3O6S/c1-25-10-2-7-17-26(23,24)13-5-3-12(4-6-13)18-14-11-15(21)19(8-9-20)16(14)22/h3-6,11,17-18,20H,2,7-10H2,1H3. The summed E-state index contributed by atoms with van der Waals surface area (Å²) in [5, 5.41) is 11.7. The fourth-order valence-electron chi connectivity index (χ4n) is 2.29. The fraction of sp³-hybridized carbons (Fsp3) is 0.375. The fourth-order valence-corrected chi connectivity index (χ4v) is 3.36. The van der Waals surface area contributed by atoms with E-state index in [2.05, 4.69) is 10.0 Å². The molecular formula is C16H21N3O6S. The van der Waals surface area contributed by atoms with E-state index in [4.69, 9.17) is 9.84 Å². The number of nitrogens with one attached hydrogen (secondary N) is 2. The van der Waals surface area contributed by atoms with Crippen molar-refractivity contribution in [3.63, 3.8) is 0 Å². The molecule has 1 aromatic carbocycles. The molecule has 0 spiro atoms. The molecule has 2 rings (SSSR count). The number of imide groups is 1. The second kappa shape index (κ2) is 8.90. The molecule has 0 aromatic heterocycles. The second-order valence-electron chi connectivity index (χ2n) is 5.47. The largest absolute Gasteiger partial charge is 0.395 e. The molecule has 1 aromatic rings. The first-order chi connectivity index (χ1) is 12.4. The molecule has 1 heterocycles. The van der Waals surface area contributed by atoms with Gasteiger partial charge in [0.1, 0.15) is 5.70 Å². The van der Waals surface area contributed by atoms with Crippen molar-refractivity contribution in [2.75, 3.05) is 38.7 Å². The Bertz CT molecular complexity index is 789. The number of benzene rings is 1. The number of amides is 2. The van der Waals surface area contributed by atoms with Gasteiger partial charge in [0.2, 0.25) is 10.0 Å². The minimum absolute atomic E-state index is 0.0664. The SMILES string of the molecule is COCCCNS(=O)(=O)c1ccc(NC2=CC(=O)N(CCO)C2=O)cc1. The topological polar surface area (TPSA) is 125 Å². The molecule has 1 aliphatic heterocycles. The number of aliphatic hydroxyl groups excluding tert-OH is 1. The highest BCUT2D eigenvalue weighted by Crippen LogP contribution is 2.19. The lowest BCUT2D eigenvalue weighted by Crippen LogP contribution is -2.34. The van der Waals surface area contributed by atoms with E-state index in [-0.39, 0.29) is 30.3 Å². The Kier molecular flexibility index (Phi) is 6.86. The van der Waals surface area contributed by atoms with Crippen LogP contribution in [0.3, 0.4) is 0 Å². The Morgan fingerprint density at radius 2 is 1.88 bits per heavy atom. The minimum atomic E-state index is -3.63. The number of nitrogens with zero attached hydrogens (tertiary/aromatic N) is 1. The van der Waals surface area contributed by atoms with Gasteiger partial charge in [0.15, 0.2) is 0 Å². The number of carbonyl (C=O) groups is 2. The lowest BCUT2D eigenvalue weighted by molar-refractivity contribution is -0.137. The number of carbonyl (C=O) groups excluding carboxylic acids is 2. The van der Waals surface area contributed by atoms with Crippen LogP contribution in [-0.4, -0.2) is 63.7 Å². The Morgan fingerprint density at radius 3 is 2.50 bits per heavy atom. The maximum absolute atomic E-state index is 12.1. The summed E-state index contributed by atoms with van der Waals surface area (Å²) in [5.74, 6) is -1.05. The average Bonchev–Trinajstić information content (AvgIpc) is 2.87. The predicted molar refractivity (Wildman–Crippen MR) is 93.6 cm³/mol. The third kappa shape index (κ3) is 4.88. The van der Waals surface area contributed by atoms with E-state index >= 15 is 0 Å². The molecule has 0 saturated heterocycles. The molecular weight excluding hydrogens is 362 g/mol. The van der Waals surface area contributed by atoms with Gasteiger partial charge >= 0.3 is 0 Å². The van der Waals surface area contributed by atoms with Gasteiger partial charge in [-0.2, -0.15) is 0 Å². The van der Waals surface area contributed by atoms with Gasteiger partial charge in [-0.1, -0.05) is 0 Å². The number of anilines is 1. The van der Waals surface area contributed by atoms with Gasteiger partial charge in [-0.25, -0.2) is 13.1 Å². The van der Waals surface area contributed by atoms with E-state index in [1.807, 2.05) is 0 Å². The van der Waals surface area contributed by atoms with E-state index in [1.54, 1.807) is 7.11 Å². The summed E-state index contributed by atoms with van der Waals surface area (Å²) in [6.45, 7) is 0.328. The minimum Gasteiger partial charge on any atom is -0.395 e. The van der Waals surface area contributed by atoms with Crippen molar-refractivity contribution < 1.29 is 27.9 Å². The summed E-state index contributed by atoms with van der Waals surface area (Å²) in [6, 6.07) is 5.79. The summed E-state index contributed by atoms with van der Waals surface area (Å²) in [4.78, 5) is 24.8. The van der Waals surface area contributed by atoms with Gasteiger partial charge < -0.3 is 15.2 Å². The Hall–Kier alpha value is -2.27. The van der Waals surface area contributed by atoms with E-state index in [9.17, 15) is 18.0 Å². The van der Waals surface area contributed by atoms with E-state index in [1.165, 1.54) is 24.3 Å². The van der Waals surface area contributed by atoms with E-state index < -0.39 is 21.8 Å². The monoisotopic (exact) mass is 383 g/mol. The Labute approximate surface area is 151 Å². The summed E-state index contributed by atoms with van der Waals surface area (Å²) < 4.78 is 31.6. The zero-order valence-corrected chi connectivity index (χ0v) is 15.1. The highest BCUT2D eigenvalue weighted by Gasteiger charge is 2.30. The van der Waals surface area contributed by atoms with Crippen LogP contribution in [0, 0.1) is 0 Å². The maximum atomic E-state index is 12.1. The van der Waals surface area contributed by atoms with Crippen LogP contribution in [0.15, 0.2) is 40.9 Å². The number of methoxy groups -OCH3 is 1. The second-order valence-corrected chi connectivity index (χ2v) is 7.24. The third-order valence-corrected chi connectivity index (χ3v) is 5.07. The van der Waals surface area contributed by atoms with E-state index in [0.29, 0.717) is 18.7 Å². The van der Waals surface area contributed by atoms with Crippen molar-refractivity contribution in [3.05, 3.63) is 36.0 Å². The highest BCUT2D eigenvalue weighted by molar-refractivity contribution is 7.89. The average molecular weight is 383 g/mol. The van der Waals surface area contributed by atoms with Crippen LogP contribution in [0.5, 0.6) is 0 Å². The highest BCUT2D eigenvalue weighted by atomic mass is 32.2. The van der Waals surface area contributed by atoms with Gasteiger partial charge in [-0.15, -0.1) is 0 Å². The zero-order chi connectivity index (χ0) is 19.2. The van der Waals surface area contributed by atoms with Crippen molar-refractivity contribution in [3.8, 4) is 0 Å². The van der Waals surface area contributed by atoms with Gasteiger partial charge in [-0.3, -0.25) is 14.5 Å². The number of ether oxygens (including phenoxy) is 1. The number of hydrogen-bond donors (Lipinski definition) is 3. The molecule has 26 heavy (non-hydrogen) atoms. The number of aliphatic hydroxyl groups is 1. The first-order valence-electron chi connectivity index (χ1n) is 7.93. The quantitative estimate of drug-likeness (QED) is 0.373. The summed E-state index contributed by atoms with van der Waals surface area (Å²) >= 11 is 0. The Morgan fingerprint density at radius 1 is 1.19 bits per heavy atom. The Balaban J connectivity index is 2.01. The van der Waals surface area contributed by atoms with Crippen molar-refractivity contribution in [1.29, 1.82) is 0 Å². The molecule has 0 radical (unpaired) electrons. The lowest BCUT2D eigenvalue weighted by Gasteiger charge is -2.13. The summed E-state index contributed by atoms with van der Waals surface area (Å²) in [6.07, 6.45) is 1.70. The maximum Gasteiger partial charge on any atom is 0.277 e. The van der Waals surface area contributed by atoms with Crippen molar-refractivity contribution in [2.24, 2.45) is 0 Å². The molecule has 0 bridgehead atoms. The van der Waals surface area contributed by atoms with Gasteiger partial charge in [0.05, 0.1) is 18.0 Å². The van der Waals surface area contributed by atoms with E-state index in [0.717, 1.165) is 11.0 Å². The van der Waals surface area contributed by atoms with Crippen LogP contribution < -0.4 is 10.0 Å². The number of sulfonamides is 1. The van der Waals surface area contributed by atoms with Crippen LogP contribution in [0.2, 0.25) is 0 Å². The van der Waals surface area contributed by atoms with Gasteiger partial charge in [0, 0.05) is 32.0 Å². The van der Waals surface area contributed by atoms with Crippen LogP contribution >= 0.6 is 0 Å². The van der Waals surface area contributed by atoms with Gasteiger partial charge in [-0.05, 0) is 30.7 Å². The molecule has 0 atom stereocenters. The first kappa shape index (κ1) is 20.0. The first-order valence-corrected chi connectivity index (χ1v) is 9.41. The summed E-state index contributed by atoms with van der Waals surface area (Å²) in [5.41, 5.74) is 0.526. The van der Waals surface area contributed by atoms with Crippen molar-refractivity contribution in [2.45, 2.75) is 11.3 Å². The normalized spacial score (nSPS) is 14.7. The zero-order valence-electron chi connectivity index (χ0n) is 14.3. The van der Waals surface area contributed by atoms with Gasteiger partial charge in [0.25, 0.3) is 11.8 Å². The molecule has 0 fully saturated rings.